The Labute approximate surface area is 137 Å². The van der Waals surface area contributed by atoms with Crippen molar-refractivity contribution in [2.24, 2.45) is 0 Å². The molecule has 2 atom stereocenters. The van der Waals surface area contributed by atoms with Crippen molar-refractivity contribution in [2.75, 3.05) is 20.8 Å². The fraction of sp³-hybridized carbons (Fsp3) is 0.562. The maximum atomic E-state index is 11.5. The summed E-state index contributed by atoms with van der Waals surface area (Å²) >= 11 is 0. The van der Waals surface area contributed by atoms with Crippen LogP contribution >= 0.6 is 12.4 Å². The van der Waals surface area contributed by atoms with Gasteiger partial charge in [0.25, 0.3) is 0 Å². The van der Waals surface area contributed by atoms with Crippen LogP contribution in [-0.4, -0.2) is 38.9 Å². The summed E-state index contributed by atoms with van der Waals surface area (Å²) in [6, 6.07) is 5.72. The summed E-state index contributed by atoms with van der Waals surface area (Å²) in [4.78, 5) is 11.5. The third kappa shape index (κ3) is 4.52. The third-order valence-electron chi connectivity index (χ3n) is 3.64. The van der Waals surface area contributed by atoms with E-state index in [1.54, 1.807) is 7.11 Å². The van der Waals surface area contributed by atoms with Crippen LogP contribution in [-0.2, 0) is 16.0 Å². The maximum absolute atomic E-state index is 11.5. The van der Waals surface area contributed by atoms with Crippen molar-refractivity contribution in [3.8, 4) is 11.5 Å². The molecule has 1 saturated heterocycles. The Kier molecular flexibility index (Phi) is 7.48. The molecule has 1 aliphatic heterocycles. The molecular formula is C16H24ClNO4. The molecule has 0 aliphatic carbocycles. The van der Waals surface area contributed by atoms with Crippen molar-refractivity contribution >= 4 is 18.4 Å². The van der Waals surface area contributed by atoms with Crippen LogP contribution in [0, 0.1) is 0 Å². The zero-order valence-corrected chi connectivity index (χ0v) is 14.1. The summed E-state index contributed by atoms with van der Waals surface area (Å²) in [5, 5.41) is 3.11. The van der Waals surface area contributed by atoms with E-state index < -0.39 is 0 Å². The average molecular weight is 330 g/mol. The number of hydrogen-bond acceptors (Lipinski definition) is 5. The van der Waals surface area contributed by atoms with E-state index in [0.29, 0.717) is 13.0 Å². The van der Waals surface area contributed by atoms with Gasteiger partial charge in [0, 0.05) is 13.0 Å². The van der Waals surface area contributed by atoms with Gasteiger partial charge in [-0.25, -0.2) is 0 Å². The molecule has 1 aromatic rings. The predicted octanol–water partition coefficient (Wildman–Crippen LogP) is 2.35. The number of esters is 1. The Morgan fingerprint density at radius 2 is 2.09 bits per heavy atom. The van der Waals surface area contributed by atoms with Gasteiger partial charge in [0.05, 0.1) is 14.2 Å². The van der Waals surface area contributed by atoms with Crippen LogP contribution in [0.3, 0.4) is 0 Å². The van der Waals surface area contributed by atoms with E-state index in [-0.39, 0.29) is 30.5 Å². The molecule has 1 fully saturated rings. The molecule has 5 nitrogen and oxygen atoms in total. The molecule has 1 N–H and O–H groups in total. The fourth-order valence-electron chi connectivity index (χ4n) is 2.55. The molecule has 6 heteroatoms. The van der Waals surface area contributed by atoms with Crippen LogP contribution in [0.5, 0.6) is 11.5 Å². The molecule has 2 unspecified atom stereocenters. The van der Waals surface area contributed by atoms with Gasteiger partial charge in [0.15, 0.2) is 11.5 Å². The minimum absolute atomic E-state index is 0. The Balaban J connectivity index is 0.00000242. The van der Waals surface area contributed by atoms with Crippen molar-refractivity contribution in [1.29, 1.82) is 0 Å². The van der Waals surface area contributed by atoms with Crippen LogP contribution in [0.2, 0.25) is 0 Å². The van der Waals surface area contributed by atoms with Crippen LogP contribution in [0.4, 0.5) is 0 Å². The second-order valence-electron chi connectivity index (χ2n) is 5.19. The van der Waals surface area contributed by atoms with Gasteiger partial charge in [-0.2, -0.15) is 0 Å². The molecule has 0 saturated carbocycles. The topological polar surface area (TPSA) is 56.8 Å². The summed E-state index contributed by atoms with van der Waals surface area (Å²) in [6.45, 7) is 2.77. The van der Waals surface area contributed by atoms with Crippen LogP contribution in [0.1, 0.15) is 25.3 Å². The van der Waals surface area contributed by atoms with E-state index in [1.165, 1.54) is 12.7 Å². The van der Waals surface area contributed by atoms with Gasteiger partial charge in [0.1, 0.15) is 12.1 Å². The van der Waals surface area contributed by atoms with E-state index in [1.807, 2.05) is 12.1 Å². The Hall–Kier alpha value is -1.46. The number of rotatable bonds is 6. The smallest absolute Gasteiger partial charge is 0.323 e. The maximum Gasteiger partial charge on any atom is 0.323 e. The van der Waals surface area contributed by atoms with Gasteiger partial charge >= 0.3 is 5.97 Å². The van der Waals surface area contributed by atoms with Crippen LogP contribution in [0.15, 0.2) is 18.2 Å². The van der Waals surface area contributed by atoms with E-state index in [0.717, 1.165) is 24.3 Å². The molecule has 124 valence electrons. The zero-order valence-electron chi connectivity index (χ0n) is 13.3. The second kappa shape index (κ2) is 8.86. The summed E-state index contributed by atoms with van der Waals surface area (Å²) in [5.41, 5.74) is 1.23. The van der Waals surface area contributed by atoms with Gasteiger partial charge in [-0.3, -0.25) is 4.79 Å². The quantitative estimate of drug-likeness (QED) is 0.812. The van der Waals surface area contributed by atoms with Crippen LogP contribution in [0.25, 0.3) is 0 Å². The first kappa shape index (κ1) is 18.6. The minimum atomic E-state index is -0.287. The molecule has 0 aromatic heterocycles. The van der Waals surface area contributed by atoms with Crippen molar-refractivity contribution in [1.82, 2.24) is 5.32 Å². The van der Waals surface area contributed by atoms with Gasteiger partial charge in [-0.15, -0.1) is 12.4 Å². The van der Waals surface area contributed by atoms with Crippen molar-refractivity contribution in [2.45, 2.75) is 38.3 Å². The molecule has 0 bridgehead atoms. The van der Waals surface area contributed by atoms with E-state index >= 15 is 0 Å². The number of halogens is 1. The Morgan fingerprint density at radius 1 is 1.32 bits per heavy atom. The molecule has 2 rings (SSSR count). The van der Waals surface area contributed by atoms with Crippen molar-refractivity contribution < 1.29 is 19.0 Å². The summed E-state index contributed by atoms with van der Waals surface area (Å²) in [6.07, 6.45) is 2.66. The normalized spacial score (nSPS) is 20.1. The van der Waals surface area contributed by atoms with E-state index in [4.69, 9.17) is 14.2 Å². The Morgan fingerprint density at radius 3 is 2.73 bits per heavy atom. The number of nitrogens with one attached hydrogen (secondary N) is 1. The van der Waals surface area contributed by atoms with E-state index in [9.17, 15) is 4.79 Å². The van der Waals surface area contributed by atoms with Gasteiger partial charge in [-0.1, -0.05) is 19.4 Å². The summed E-state index contributed by atoms with van der Waals surface area (Å²) in [5.74, 6) is 1.21. The highest BCUT2D eigenvalue weighted by Gasteiger charge is 2.31. The molecule has 1 aromatic carbocycles. The van der Waals surface area contributed by atoms with E-state index in [2.05, 4.69) is 18.3 Å². The van der Waals surface area contributed by atoms with Gasteiger partial charge < -0.3 is 19.5 Å². The molecule has 1 aliphatic rings. The molecular weight excluding hydrogens is 306 g/mol. The lowest BCUT2D eigenvalue weighted by Crippen LogP contribution is -2.31. The van der Waals surface area contributed by atoms with Crippen molar-refractivity contribution in [3.05, 3.63) is 23.8 Å². The van der Waals surface area contributed by atoms with Crippen molar-refractivity contribution in [3.63, 3.8) is 0 Å². The lowest BCUT2D eigenvalue weighted by Gasteiger charge is -2.16. The number of methoxy groups -OCH3 is 2. The lowest BCUT2D eigenvalue weighted by atomic mass is 10.1. The first-order valence-electron chi connectivity index (χ1n) is 7.32. The predicted molar refractivity (Wildman–Crippen MR) is 87.1 cm³/mol. The number of carbonyl (C=O) groups excluding carboxylic acids is 1. The molecule has 0 spiro atoms. The summed E-state index contributed by atoms with van der Waals surface area (Å²) in [7, 11) is 3.04. The number of benzene rings is 1. The second-order valence-corrected chi connectivity index (χ2v) is 5.19. The Bertz CT molecular complexity index is 495. The number of ether oxygens (including phenoxy) is 3. The third-order valence-corrected chi connectivity index (χ3v) is 3.64. The standard InChI is InChI=1S/C16H23NO4.ClH/c1-4-5-11-6-7-14(15(8-11)19-2)21-12-9-13(17-10-12)16(18)20-3;/h6-8,12-13,17H,4-5,9-10H2,1-3H3;1H. The van der Waals surface area contributed by atoms with Gasteiger partial charge in [-0.05, 0) is 24.1 Å². The first-order valence-corrected chi connectivity index (χ1v) is 7.32. The monoisotopic (exact) mass is 329 g/mol. The highest BCUT2D eigenvalue weighted by molar-refractivity contribution is 5.85. The molecule has 1 heterocycles. The highest BCUT2D eigenvalue weighted by atomic mass is 35.5. The molecule has 22 heavy (non-hydrogen) atoms. The fourth-order valence-corrected chi connectivity index (χ4v) is 2.55. The average Bonchev–Trinajstić information content (AvgIpc) is 2.96. The molecule has 0 radical (unpaired) electrons. The highest BCUT2D eigenvalue weighted by Crippen LogP contribution is 2.30. The summed E-state index contributed by atoms with van der Waals surface area (Å²) < 4.78 is 16.1. The van der Waals surface area contributed by atoms with Crippen LogP contribution < -0.4 is 14.8 Å². The minimum Gasteiger partial charge on any atom is -0.493 e. The largest absolute Gasteiger partial charge is 0.493 e. The lowest BCUT2D eigenvalue weighted by molar-refractivity contribution is -0.142. The molecule has 0 amide bonds. The zero-order chi connectivity index (χ0) is 15.2. The first-order chi connectivity index (χ1) is 10.2. The van der Waals surface area contributed by atoms with Gasteiger partial charge in [0.2, 0.25) is 0 Å². The SMILES string of the molecule is CCCc1ccc(OC2CNC(C(=O)OC)C2)c(OC)c1.Cl. The number of aryl methyl sites for hydroxylation is 1. The number of carbonyl (C=O) groups is 1. The number of hydrogen-bond donors (Lipinski definition) is 1.